The molecule has 0 radical (unpaired) electrons. The summed E-state index contributed by atoms with van der Waals surface area (Å²) < 4.78 is 6.25. The molecule has 0 saturated heterocycles. The Morgan fingerprint density at radius 3 is 2.38 bits per heavy atom. The standard InChI is InChI=1S/C22H21ClN2O3.ClH/c1-28-22(27)20(24)11-15-7-9-17(10-8-15)19-12-18(23)14-25(21(19)26)13-16-5-3-2-4-6-16;/h2-10,12,14,20H,11,13,24H2,1H3;1H/t20-;/m0./s1. The molecule has 1 heterocycles. The highest BCUT2D eigenvalue weighted by Gasteiger charge is 2.15. The number of esters is 1. The van der Waals surface area contributed by atoms with Crippen molar-refractivity contribution in [2.24, 2.45) is 5.73 Å². The lowest BCUT2D eigenvalue weighted by atomic mass is 10.0. The van der Waals surface area contributed by atoms with Gasteiger partial charge in [0, 0.05) is 11.8 Å². The minimum absolute atomic E-state index is 0. The smallest absolute Gasteiger partial charge is 0.322 e. The van der Waals surface area contributed by atoms with Crippen molar-refractivity contribution in [3.8, 4) is 11.1 Å². The molecule has 0 aliphatic carbocycles. The maximum Gasteiger partial charge on any atom is 0.322 e. The second-order valence-electron chi connectivity index (χ2n) is 6.52. The van der Waals surface area contributed by atoms with Crippen LogP contribution in [0.2, 0.25) is 5.02 Å². The van der Waals surface area contributed by atoms with Gasteiger partial charge in [-0.25, -0.2) is 0 Å². The number of ether oxygens (including phenoxy) is 1. The number of nitrogens with two attached hydrogens (primary N) is 1. The van der Waals surface area contributed by atoms with Crippen LogP contribution in [0.1, 0.15) is 11.1 Å². The van der Waals surface area contributed by atoms with E-state index < -0.39 is 12.0 Å². The molecule has 0 amide bonds. The van der Waals surface area contributed by atoms with Gasteiger partial charge in [0.1, 0.15) is 6.04 Å². The van der Waals surface area contributed by atoms with Crippen LogP contribution in [0.15, 0.2) is 71.7 Å². The Hall–Kier alpha value is -2.60. The van der Waals surface area contributed by atoms with Crippen molar-refractivity contribution >= 4 is 30.0 Å². The zero-order chi connectivity index (χ0) is 20.1. The average molecular weight is 433 g/mol. The van der Waals surface area contributed by atoms with E-state index in [1.807, 2.05) is 54.6 Å². The van der Waals surface area contributed by atoms with Gasteiger partial charge in [0.25, 0.3) is 5.56 Å². The van der Waals surface area contributed by atoms with Crippen molar-refractivity contribution in [3.63, 3.8) is 0 Å². The largest absolute Gasteiger partial charge is 0.468 e. The molecule has 5 nitrogen and oxygen atoms in total. The summed E-state index contributed by atoms with van der Waals surface area (Å²) in [6.07, 6.45) is 2.00. The van der Waals surface area contributed by atoms with Crippen LogP contribution in [0.3, 0.4) is 0 Å². The molecule has 152 valence electrons. The first-order chi connectivity index (χ1) is 13.5. The van der Waals surface area contributed by atoms with Crippen LogP contribution in [-0.4, -0.2) is 23.7 Å². The van der Waals surface area contributed by atoms with E-state index in [0.29, 0.717) is 23.6 Å². The molecule has 0 aliphatic heterocycles. The zero-order valence-corrected chi connectivity index (χ0v) is 17.5. The Kier molecular flexibility index (Phi) is 8.02. The van der Waals surface area contributed by atoms with Crippen LogP contribution in [0.25, 0.3) is 11.1 Å². The Balaban J connectivity index is 0.00000300. The number of halogens is 2. The summed E-state index contributed by atoms with van der Waals surface area (Å²) in [7, 11) is 1.31. The number of hydrogen-bond acceptors (Lipinski definition) is 4. The molecule has 3 rings (SSSR count). The Morgan fingerprint density at radius 1 is 1.10 bits per heavy atom. The quantitative estimate of drug-likeness (QED) is 0.602. The molecule has 2 aromatic carbocycles. The van der Waals surface area contributed by atoms with Gasteiger partial charge >= 0.3 is 5.97 Å². The van der Waals surface area contributed by atoms with Crippen molar-refractivity contribution in [2.75, 3.05) is 7.11 Å². The van der Waals surface area contributed by atoms with Crippen LogP contribution >= 0.6 is 24.0 Å². The summed E-state index contributed by atoms with van der Waals surface area (Å²) in [6.45, 7) is 0.444. The Bertz CT molecular complexity index is 1020. The van der Waals surface area contributed by atoms with Crippen molar-refractivity contribution < 1.29 is 9.53 Å². The molecule has 1 atom stereocenters. The molecule has 0 bridgehead atoms. The first-order valence-corrected chi connectivity index (χ1v) is 9.22. The predicted molar refractivity (Wildman–Crippen MR) is 118 cm³/mol. The van der Waals surface area contributed by atoms with Crippen molar-refractivity contribution in [2.45, 2.75) is 19.0 Å². The lowest BCUT2D eigenvalue weighted by Crippen LogP contribution is -2.33. The molecule has 29 heavy (non-hydrogen) atoms. The van der Waals surface area contributed by atoms with Crippen molar-refractivity contribution in [1.29, 1.82) is 0 Å². The number of benzene rings is 2. The van der Waals surface area contributed by atoms with Gasteiger partial charge in [-0.2, -0.15) is 0 Å². The van der Waals surface area contributed by atoms with Crippen LogP contribution in [0, 0.1) is 0 Å². The van der Waals surface area contributed by atoms with Crippen molar-refractivity contribution in [1.82, 2.24) is 4.57 Å². The maximum absolute atomic E-state index is 12.9. The highest BCUT2D eigenvalue weighted by atomic mass is 35.5. The van der Waals surface area contributed by atoms with E-state index in [1.165, 1.54) is 7.11 Å². The summed E-state index contributed by atoms with van der Waals surface area (Å²) in [6, 6.07) is 18.0. The number of hydrogen-bond donors (Lipinski definition) is 1. The SMILES string of the molecule is COC(=O)[C@@H](N)Cc1ccc(-c2cc(Cl)cn(Cc3ccccc3)c2=O)cc1.Cl. The number of pyridine rings is 1. The zero-order valence-electron chi connectivity index (χ0n) is 15.9. The van der Waals surface area contributed by atoms with E-state index in [1.54, 1.807) is 16.8 Å². The minimum Gasteiger partial charge on any atom is -0.468 e. The third-order valence-corrected chi connectivity index (χ3v) is 4.68. The average Bonchev–Trinajstić information content (AvgIpc) is 2.71. The minimum atomic E-state index is -0.717. The third-order valence-electron chi connectivity index (χ3n) is 4.47. The topological polar surface area (TPSA) is 74.3 Å². The number of carbonyl (C=O) groups is 1. The van der Waals surface area contributed by atoms with Crippen LogP contribution in [0.5, 0.6) is 0 Å². The second-order valence-corrected chi connectivity index (χ2v) is 6.96. The van der Waals surface area contributed by atoms with E-state index >= 15 is 0 Å². The fraction of sp³-hybridized carbons (Fsp3) is 0.182. The van der Waals surface area contributed by atoms with Gasteiger partial charge < -0.3 is 15.0 Å². The van der Waals surface area contributed by atoms with Gasteiger partial charge in [-0.3, -0.25) is 9.59 Å². The molecule has 0 saturated carbocycles. The number of carbonyl (C=O) groups excluding carboxylic acids is 1. The fourth-order valence-corrected chi connectivity index (χ4v) is 3.24. The normalized spacial score (nSPS) is 11.4. The Labute approximate surface area is 180 Å². The van der Waals surface area contributed by atoms with Crippen molar-refractivity contribution in [3.05, 3.63) is 93.4 Å². The monoisotopic (exact) mass is 432 g/mol. The maximum atomic E-state index is 12.9. The van der Waals surface area contributed by atoms with Gasteiger partial charge in [-0.15, -0.1) is 12.4 Å². The number of methoxy groups -OCH3 is 1. The third kappa shape index (κ3) is 5.70. The molecule has 0 unspecified atom stereocenters. The summed E-state index contributed by atoms with van der Waals surface area (Å²) in [4.78, 5) is 24.4. The molecular weight excluding hydrogens is 411 g/mol. The molecule has 0 spiro atoms. The van der Waals surface area contributed by atoms with E-state index in [-0.39, 0.29) is 18.0 Å². The van der Waals surface area contributed by atoms with Gasteiger partial charge in [0.15, 0.2) is 0 Å². The van der Waals surface area contributed by atoms with Gasteiger partial charge in [-0.05, 0) is 29.2 Å². The first-order valence-electron chi connectivity index (χ1n) is 8.84. The number of rotatable bonds is 6. The van der Waals surface area contributed by atoms with Crippen LogP contribution < -0.4 is 11.3 Å². The summed E-state index contributed by atoms with van der Waals surface area (Å²) in [5, 5.41) is 0.488. The molecule has 7 heteroatoms. The number of nitrogens with zero attached hydrogens (tertiary/aromatic N) is 1. The van der Waals surface area contributed by atoms with Gasteiger partial charge in [0.05, 0.1) is 18.7 Å². The predicted octanol–water partition coefficient (Wildman–Crippen LogP) is 3.68. The second kappa shape index (κ2) is 10.3. The lowest BCUT2D eigenvalue weighted by Gasteiger charge is -2.11. The van der Waals surface area contributed by atoms with E-state index in [4.69, 9.17) is 17.3 Å². The fourth-order valence-electron chi connectivity index (χ4n) is 3.01. The lowest BCUT2D eigenvalue weighted by molar-refractivity contribution is -0.142. The summed E-state index contributed by atoms with van der Waals surface area (Å²) >= 11 is 6.26. The first kappa shape index (κ1) is 22.7. The molecular formula is C22H22Cl2N2O3. The van der Waals surface area contributed by atoms with Crippen LogP contribution in [0.4, 0.5) is 0 Å². The van der Waals surface area contributed by atoms with E-state index in [0.717, 1.165) is 16.7 Å². The van der Waals surface area contributed by atoms with E-state index in [9.17, 15) is 9.59 Å². The highest BCUT2D eigenvalue weighted by Crippen LogP contribution is 2.21. The molecule has 0 aliphatic rings. The number of aromatic nitrogens is 1. The summed E-state index contributed by atoms with van der Waals surface area (Å²) in [5.74, 6) is -0.456. The highest BCUT2D eigenvalue weighted by molar-refractivity contribution is 6.30. The van der Waals surface area contributed by atoms with Gasteiger partial charge in [0.2, 0.25) is 0 Å². The molecule has 3 aromatic rings. The summed E-state index contributed by atoms with van der Waals surface area (Å²) in [5.41, 5.74) is 8.86. The molecule has 0 fully saturated rings. The van der Waals surface area contributed by atoms with Gasteiger partial charge in [-0.1, -0.05) is 66.2 Å². The van der Waals surface area contributed by atoms with Crippen LogP contribution in [-0.2, 0) is 22.5 Å². The molecule has 1 aromatic heterocycles. The Morgan fingerprint density at radius 2 is 1.76 bits per heavy atom. The van der Waals surface area contributed by atoms with E-state index in [2.05, 4.69) is 4.74 Å². The molecule has 2 N–H and O–H groups in total.